The highest BCUT2D eigenvalue weighted by molar-refractivity contribution is 7.98. The van der Waals surface area contributed by atoms with Crippen molar-refractivity contribution in [3.05, 3.63) is 12.3 Å². The molecule has 4 nitrogen and oxygen atoms in total. The molecule has 78 valence electrons. The topological polar surface area (TPSA) is 47.0 Å². The number of ether oxygens (including phenoxy) is 1. The quantitative estimate of drug-likeness (QED) is 0.728. The van der Waals surface area contributed by atoms with Crippen molar-refractivity contribution in [2.45, 2.75) is 6.42 Å². The summed E-state index contributed by atoms with van der Waals surface area (Å²) >= 11 is 1.84. The summed E-state index contributed by atoms with van der Waals surface area (Å²) in [6.45, 7) is 0.897. The second-order valence-electron chi connectivity index (χ2n) is 2.70. The first-order valence-electron chi connectivity index (χ1n) is 4.46. The van der Waals surface area contributed by atoms with Gasteiger partial charge in [-0.15, -0.1) is 0 Å². The fourth-order valence-electron chi connectivity index (χ4n) is 0.958. The molecule has 0 aromatic carbocycles. The van der Waals surface area contributed by atoms with E-state index in [2.05, 4.69) is 21.5 Å². The van der Waals surface area contributed by atoms with Gasteiger partial charge in [0.25, 0.3) is 0 Å². The number of nitrogens with zero attached hydrogens (tertiary/aromatic N) is 2. The smallest absolute Gasteiger partial charge is 0.225 e. The van der Waals surface area contributed by atoms with Gasteiger partial charge in [0, 0.05) is 18.8 Å². The van der Waals surface area contributed by atoms with Crippen molar-refractivity contribution in [2.24, 2.45) is 0 Å². The van der Waals surface area contributed by atoms with Crippen LogP contribution in [0.5, 0.6) is 5.88 Å². The van der Waals surface area contributed by atoms with Crippen LogP contribution in [0.15, 0.2) is 12.3 Å². The number of nitrogens with one attached hydrogen (secondary N) is 1. The van der Waals surface area contributed by atoms with Crippen molar-refractivity contribution < 1.29 is 4.74 Å². The normalized spacial score (nSPS) is 9.86. The van der Waals surface area contributed by atoms with Crippen LogP contribution in [-0.2, 0) is 0 Å². The van der Waals surface area contributed by atoms with Crippen molar-refractivity contribution in [1.82, 2.24) is 9.97 Å². The fraction of sp³-hybridized carbons (Fsp3) is 0.556. The van der Waals surface area contributed by atoms with Crippen molar-refractivity contribution in [1.29, 1.82) is 0 Å². The summed E-state index contributed by atoms with van der Waals surface area (Å²) in [4.78, 5) is 8.21. The van der Waals surface area contributed by atoms with Gasteiger partial charge in [-0.2, -0.15) is 16.7 Å². The largest absolute Gasteiger partial charge is 0.481 e. The Morgan fingerprint density at radius 3 is 3.14 bits per heavy atom. The first kappa shape index (κ1) is 11.1. The molecule has 0 aliphatic carbocycles. The predicted octanol–water partition coefficient (Wildman–Crippen LogP) is 1.65. The van der Waals surface area contributed by atoms with Gasteiger partial charge in [-0.1, -0.05) is 0 Å². The maximum Gasteiger partial charge on any atom is 0.225 e. The van der Waals surface area contributed by atoms with E-state index in [0.717, 1.165) is 18.7 Å². The lowest BCUT2D eigenvalue weighted by molar-refractivity contribution is 0.397. The molecule has 0 unspecified atom stereocenters. The molecule has 1 rings (SSSR count). The fourth-order valence-corrected chi connectivity index (χ4v) is 1.39. The van der Waals surface area contributed by atoms with Gasteiger partial charge in [0.1, 0.15) is 0 Å². The van der Waals surface area contributed by atoms with Gasteiger partial charge in [0.2, 0.25) is 11.8 Å². The number of hydrogen-bond acceptors (Lipinski definition) is 5. The molecular formula is C9H15N3OS. The zero-order valence-corrected chi connectivity index (χ0v) is 9.30. The Morgan fingerprint density at radius 1 is 1.57 bits per heavy atom. The molecule has 1 heterocycles. The van der Waals surface area contributed by atoms with Crippen LogP contribution in [0.25, 0.3) is 0 Å². The first-order valence-corrected chi connectivity index (χ1v) is 5.86. The van der Waals surface area contributed by atoms with Gasteiger partial charge in [-0.3, -0.25) is 0 Å². The minimum Gasteiger partial charge on any atom is -0.481 e. The summed E-state index contributed by atoms with van der Waals surface area (Å²) in [5.74, 6) is 2.37. The van der Waals surface area contributed by atoms with Crippen LogP contribution < -0.4 is 10.1 Å². The van der Waals surface area contributed by atoms with Crippen LogP contribution in [0, 0.1) is 0 Å². The van der Waals surface area contributed by atoms with E-state index in [9.17, 15) is 0 Å². The van der Waals surface area contributed by atoms with E-state index in [1.165, 1.54) is 0 Å². The Kier molecular flexibility index (Phi) is 5.14. The molecule has 5 heteroatoms. The Morgan fingerprint density at radius 2 is 2.43 bits per heavy atom. The number of hydrogen-bond donors (Lipinski definition) is 1. The lowest BCUT2D eigenvalue weighted by Gasteiger charge is -2.04. The highest BCUT2D eigenvalue weighted by Crippen LogP contribution is 2.07. The number of rotatable bonds is 6. The number of thioether (sulfide) groups is 1. The third-order valence-electron chi connectivity index (χ3n) is 1.65. The van der Waals surface area contributed by atoms with E-state index in [1.807, 2.05) is 11.8 Å². The molecule has 1 aromatic heterocycles. The van der Waals surface area contributed by atoms with Crippen molar-refractivity contribution in [2.75, 3.05) is 31.0 Å². The standard InChI is InChI=1S/C9H15N3OS/c1-13-8-4-6-11-9(12-8)10-5-3-7-14-2/h4,6H,3,5,7H2,1-2H3,(H,10,11,12). The average Bonchev–Trinajstić information content (AvgIpc) is 2.25. The average molecular weight is 213 g/mol. The Labute approximate surface area is 88.5 Å². The van der Waals surface area contributed by atoms with E-state index < -0.39 is 0 Å². The van der Waals surface area contributed by atoms with Crippen LogP contribution in [0.2, 0.25) is 0 Å². The summed E-state index contributed by atoms with van der Waals surface area (Å²) in [5, 5.41) is 3.14. The van der Waals surface area contributed by atoms with Gasteiger partial charge < -0.3 is 10.1 Å². The molecule has 0 bridgehead atoms. The van der Waals surface area contributed by atoms with Gasteiger partial charge >= 0.3 is 0 Å². The third kappa shape index (κ3) is 3.83. The van der Waals surface area contributed by atoms with Crippen molar-refractivity contribution in [3.8, 4) is 5.88 Å². The lowest BCUT2D eigenvalue weighted by atomic mass is 10.5. The molecule has 1 aromatic rings. The molecule has 0 saturated carbocycles. The molecule has 0 aliphatic rings. The van der Waals surface area contributed by atoms with E-state index in [1.54, 1.807) is 19.4 Å². The molecule has 0 aliphatic heterocycles. The summed E-state index contributed by atoms with van der Waals surface area (Å²) in [6.07, 6.45) is 4.90. The predicted molar refractivity (Wildman–Crippen MR) is 60.1 cm³/mol. The maximum absolute atomic E-state index is 4.99. The summed E-state index contributed by atoms with van der Waals surface area (Å²) in [7, 11) is 1.60. The van der Waals surface area contributed by atoms with E-state index in [-0.39, 0.29) is 0 Å². The molecule has 0 amide bonds. The highest BCUT2D eigenvalue weighted by Gasteiger charge is 1.96. The van der Waals surface area contributed by atoms with E-state index >= 15 is 0 Å². The lowest BCUT2D eigenvalue weighted by Crippen LogP contribution is -2.06. The van der Waals surface area contributed by atoms with Gasteiger partial charge in [0.05, 0.1) is 7.11 Å². The monoisotopic (exact) mass is 213 g/mol. The van der Waals surface area contributed by atoms with Gasteiger partial charge in [-0.25, -0.2) is 4.98 Å². The second-order valence-corrected chi connectivity index (χ2v) is 3.68. The van der Waals surface area contributed by atoms with Gasteiger partial charge in [0.15, 0.2) is 0 Å². The van der Waals surface area contributed by atoms with Crippen molar-refractivity contribution >= 4 is 17.7 Å². The van der Waals surface area contributed by atoms with E-state index in [0.29, 0.717) is 11.8 Å². The molecule has 14 heavy (non-hydrogen) atoms. The van der Waals surface area contributed by atoms with Crippen LogP contribution in [-0.4, -0.2) is 35.6 Å². The molecule has 0 fully saturated rings. The second kappa shape index (κ2) is 6.48. The third-order valence-corrected chi connectivity index (χ3v) is 2.34. The van der Waals surface area contributed by atoms with Gasteiger partial charge in [-0.05, 0) is 18.4 Å². The number of aromatic nitrogens is 2. The zero-order chi connectivity index (χ0) is 10.2. The van der Waals surface area contributed by atoms with Crippen LogP contribution >= 0.6 is 11.8 Å². The number of methoxy groups -OCH3 is 1. The first-order chi connectivity index (χ1) is 6.86. The Balaban J connectivity index is 2.34. The summed E-state index contributed by atoms with van der Waals surface area (Å²) in [6, 6.07) is 1.73. The number of anilines is 1. The Hall–Kier alpha value is -0.970. The molecular weight excluding hydrogens is 198 g/mol. The molecule has 0 atom stereocenters. The summed E-state index contributed by atoms with van der Waals surface area (Å²) in [5.41, 5.74) is 0. The molecule has 0 saturated heterocycles. The van der Waals surface area contributed by atoms with E-state index in [4.69, 9.17) is 4.74 Å². The maximum atomic E-state index is 4.99. The molecule has 1 N–H and O–H groups in total. The van der Waals surface area contributed by atoms with Crippen LogP contribution in [0.3, 0.4) is 0 Å². The van der Waals surface area contributed by atoms with Crippen molar-refractivity contribution in [3.63, 3.8) is 0 Å². The SMILES string of the molecule is COc1ccnc(NCCCSC)n1. The minimum absolute atomic E-state index is 0.590. The minimum atomic E-state index is 0.590. The highest BCUT2D eigenvalue weighted by atomic mass is 32.2. The molecule has 0 radical (unpaired) electrons. The molecule has 0 spiro atoms. The van der Waals surface area contributed by atoms with Crippen LogP contribution in [0.4, 0.5) is 5.95 Å². The Bertz CT molecular complexity index is 270. The summed E-state index contributed by atoms with van der Waals surface area (Å²) < 4.78 is 4.99. The van der Waals surface area contributed by atoms with Crippen LogP contribution in [0.1, 0.15) is 6.42 Å². The zero-order valence-electron chi connectivity index (χ0n) is 8.49.